The SMILES string of the molecule is Cc1nn(C)c(C)c1NCCNC(C)(C)C. The predicted molar refractivity (Wildman–Crippen MR) is 68.9 cm³/mol. The fourth-order valence-corrected chi connectivity index (χ4v) is 1.65. The average Bonchev–Trinajstić information content (AvgIpc) is 2.36. The van der Waals surface area contributed by atoms with Gasteiger partial charge in [-0.2, -0.15) is 5.10 Å². The molecule has 4 nitrogen and oxygen atoms in total. The van der Waals surface area contributed by atoms with E-state index in [-0.39, 0.29) is 5.54 Å². The number of anilines is 1. The summed E-state index contributed by atoms with van der Waals surface area (Å²) in [5.41, 5.74) is 3.60. The molecule has 0 unspecified atom stereocenters. The number of hydrogen-bond acceptors (Lipinski definition) is 3. The van der Waals surface area contributed by atoms with E-state index in [0.717, 1.165) is 18.8 Å². The maximum absolute atomic E-state index is 4.37. The van der Waals surface area contributed by atoms with Crippen molar-refractivity contribution in [2.45, 2.75) is 40.2 Å². The lowest BCUT2D eigenvalue weighted by Crippen LogP contribution is -2.38. The van der Waals surface area contributed by atoms with E-state index < -0.39 is 0 Å². The van der Waals surface area contributed by atoms with Crippen molar-refractivity contribution in [2.75, 3.05) is 18.4 Å². The zero-order chi connectivity index (χ0) is 12.3. The van der Waals surface area contributed by atoms with E-state index in [1.807, 2.05) is 18.7 Å². The van der Waals surface area contributed by atoms with Crippen molar-refractivity contribution in [2.24, 2.45) is 7.05 Å². The van der Waals surface area contributed by atoms with Gasteiger partial charge >= 0.3 is 0 Å². The van der Waals surface area contributed by atoms with Gasteiger partial charge in [-0.05, 0) is 34.6 Å². The Morgan fingerprint density at radius 3 is 2.25 bits per heavy atom. The van der Waals surface area contributed by atoms with Gasteiger partial charge in [0, 0.05) is 25.7 Å². The molecule has 0 aromatic carbocycles. The molecule has 0 bridgehead atoms. The third kappa shape index (κ3) is 3.52. The lowest BCUT2D eigenvalue weighted by atomic mass is 10.1. The molecule has 0 saturated carbocycles. The first-order valence-corrected chi connectivity index (χ1v) is 5.80. The molecule has 0 radical (unpaired) electrons. The van der Waals surface area contributed by atoms with Crippen molar-refractivity contribution in [1.29, 1.82) is 0 Å². The van der Waals surface area contributed by atoms with Crippen LogP contribution in [0.3, 0.4) is 0 Å². The highest BCUT2D eigenvalue weighted by Gasteiger charge is 2.10. The Labute approximate surface area is 98.4 Å². The van der Waals surface area contributed by atoms with E-state index >= 15 is 0 Å². The number of nitrogens with zero attached hydrogens (tertiary/aromatic N) is 2. The van der Waals surface area contributed by atoms with Gasteiger partial charge in [-0.1, -0.05) is 0 Å². The van der Waals surface area contributed by atoms with Crippen LogP contribution in [0.5, 0.6) is 0 Å². The maximum atomic E-state index is 4.37. The van der Waals surface area contributed by atoms with E-state index in [4.69, 9.17) is 0 Å². The fourth-order valence-electron chi connectivity index (χ4n) is 1.65. The third-order valence-electron chi connectivity index (χ3n) is 2.59. The molecule has 16 heavy (non-hydrogen) atoms. The third-order valence-corrected chi connectivity index (χ3v) is 2.59. The molecule has 92 valence electrons. The van der Waals surface area contributed by atoms with E-state index in [0.29, 0.717) is 0 Å². The van der Waals surface area contributed by atoms with Crippen molar-refractivity contribution in [1.82, 2.24) is 15.1 Å². The summed E-state index contributed by atoms with van der Waals surface area (Å²) in [6.07, 6.45) is 0. The van der Waals surface area contributed by atoms with Crippen molar-refractivity contribution in [3.8, 4) is 0 Å². The smallest absolute Gasteiger partial charge is 0.0827 e. The van der Waals surface area contributed by atoms with E-state index in [9.17, 15) is 0 Å². The van der Waals surface area contributed by atoms with Gasteiger partial charge in [0.2, 0.25) is 0 Å². The van der Waals surface area contributed by atoms with Gasteiger partial charge in [0.15, 0.2) is 0 Å². The van der Waals surface area contributed by atoms with Crippen molar-refractivity contribution in [3.63, 3.8) is 0 Å². The molecule has 1 aromatic heterocycles. The summed E-state index contributed by atoms with van der Waals surface area (Å²) >= 11 is 0. The Morgan fingerprint density at radius 1 is 1.19 bits per heavy atom. The van der Waals surface area contributed by atoms with Crippen LogP contribution in [0.25, 0.3) is 0 Å². The van der Waals surface area contributed by atoms with Crippen LogP contribution in [-0.2, 0) is 7.05 Å². The van der Waals surface area contributed by atoms with Gasteiger partial charge in [-0.3, -0.25) is 4.68 Å². The molecule has 4 heteroatoms. The molecule has 0 aliphatic rings. The first-order chi connectivity index (χ1) is 7.31. The Morgan fingerprint density at radius 2 is 1.81 bits per heavy atom. The van der Waals surface area contributed by atoms with Crippen molar-refractivity contribution >= 4 is 5.69 Å². The van der Waals surface area contributed by atoms with Crippen LogP contribution < -0.4 is 10.6 Å². The highest BCUT2D eigenvalue weighted by molar-refractivity contribution is 5.51. The molecule has 0 fully saturated rings. The summed E-state index contributed by atoms with van der Waals surface area (Å²) in [4.78, 5) is 0. The summed E-state index contributed by atoms with van der Waals surface area (Å²) in [5.74, 6) is 0. The van der Waals surface area contributed by atoms with E-state index in [1.54, 1.807) is 0 Å². The maximum Gasteiger partial charge on any atom is 0.0827 e. The molecule has 0 amide bonds. The van der Waals surface area contributed by atoms with E-state index in [1.165, 1.54) is 11.4 Å². The highest BCUT2D eigenvalue weighted by atomic mass is 15.3. The molecule has 2 N–H and O–H groups in total. The summed E-state index contributed by atoms with van der Waals surface area (Å²) in [6, 6.07) is 0. The monoisotopic (exact) mass is 224 g/mol. The lowest BCUT2D eigenvalue weighted by molar-refractivity contribution is 0.435. The van der Waals surface area contributed by atoms with Crippen LogP contribution in [0.1, 0.15) is 32.2 Å². The number of rotatable bonds is 4. The van der Waals surface area contributed by atoms with Crippen LogP contribution in [0, 0.1) is 13.8 Å². The fraction of sp³-hybridized carbons (Fsp3) is 0.750. The van der Waals surface area contributed by atoms with Crippen LogP contribution >= 0.6 is 0 Å². The molecular weight excluding hydrogens is 200 g/mol. The Kier molecular flexibility index (Phi) is 3.97. The second kappa shape index (κ2) is 4.87. The predicted octanol–water partition coefficient (Wildman–Crippen LogP) is 1.84. The van der Waals surface area contributed by atoms with Gasteiger partial charge in [-0.25, -0.2) is 0 Å². The lowest BCUT2D eigenvalue weighted by Gasteiger charge is -2.20. The van der Waals surface area contributed by atoms with Gasteiger partial charge in [0.05, 0.1) is 17.1 Å². The Balaban J connectivity index is 2.43. The van der Waals surface area contributed by atoms with Crippen LogP contribution in [0.4, 0.5) is 5.69 Å². The average molecular weight is 224 g/mol. The topological polar surface area (TPSA) is 41.9 Å². The van der Waals surface area contributed by atoms with Gasteiger partial charge < -0.3 is 10.6 Å². The van der Waals surface area contributed by atoms with Crippen molar-refractivity contribution in [3.05, 3.63) is 11.4 Å². The molecule has 1 aromatic rings. The van der Waals surface area contributed by atoms with Gasteiger partial charge in [-0.15, -0.1) is 0 Å². The molecule has 0 saturated heterocycles. The molecule has 0 atom stereocenters. The standard InChI is InChI=1S/C12H24N4/c1-9-11(10(2)16(6)15-9)13-7-8-14-12(3,4)5/h13-14H,7-8H2,1-6H3. The second-order valence-electron chi connectivity index (χ2n) is 5.27. The summed E-state index contributed by atoms with van der Waals surface area (Å²) < 4.78 is 1.91. The summed E-state index contributed by atoms with van der Waals surface area (Å²) in [5, 5.41) is 11.2. The minimum atomic E-state index is 0.181. The van der Waals surface area contributed by atoms with Crippen LogP contribution in [-0.4, -0.2) is 28.4 Å². The van der Waals surface area contributed by atoms with Crippen LogP contribution in [0.15, 0.2) is 0 Å². The normalized spacial score (nSPS) is 11.9. The zero-order valence-corrected chi connectivity index (χ0v) is 11.3. The number of aromatic nitrogens is 2. The minimum absolute atomic E-state index is 0.181. The van der Waals surface area contributed by atoms with Crippen molar-refractivity contribution < 1.29 is 0 Å². The Hall–Kier alpha value is -1.03. The largest absolute Gasteiger partial charge is 0.381 e. The zero-order valence-electron chi connectivity index (χ0n) is 11.3. The molecular formula is C12H24N4. The first kappa shape index (κ1) is 13.0. The molecule has 1 rings (SSSR count). The Bertz CT molecular complexity index is 347. The molecule has 0 aliphatic carbocycles. The molecule has 1 heterocycles. The number of nitrogens with one attached hydrogen (secondary N) is 2. The van der Waals surface area contributed by atoms with Gasteiger partial charge in [0.1, 0.15) is 0 Å². The summed E-state index contributed by atoms with van der Waals surface area (Å²) in [6.45, 7) is 12.5. The summed E-state index contributed by atoms with van der Waals surface area (Å²) in [7, 11) is 1.97. The molecule has 0 spiro atoms. The quantitative estimate of drug-likeness (QED) is 0.767. The number of hydrogen-bond donors (Lipinski definition) is 2. The molecule has 0 aliphatic heterocycles. The van der Waals surface area contributed by atoms with Crippen LogP contribution in [0.2, 0.25) is 0 Å². The van der Waals surface area contributed by atoms with Gasteiger partial charge in [0.25, 0.3) is 0 Å². The second-order valence-corrected chi connectivity index (χ2v) is 5.27. The number of aryl methyl sites for hydroxylation is 2. The van der Waals surface area contributed by atoms with E-state index in [2.05, 4.69) is 43.4 Å². The highest BCUT2D eigenvalue weighted by Crippen LogP contribution is 2.17. The first-order valence-electron chi connectivity index (χ1n) is 5.80. The minimum Gasteiger partial charge on any atom is -0.381 e.